The third-order valence-electron chi connectivity index (χ3n) is 18.9. The minimum Gasteiger partial charge on any atom is -0.466 e. The lowest BCUT2D eigenvalue weighted by Crippen LogP contribution is -2.45. The number of nitrogens with one attached hydrogen (secondary N) is 1. The Kier molecular flexibility index (Phi) is 75.8. The first kappa shape index (κ1) is 86.1. The number of aliphatic hydroxyl groups is 2. The van der Waals surface area contributed by atoms with Gasteiger partial charge < -0.3 is 20.3 Å². The van der Waals surface area contributed by atoms with Gasteiger partial charge in [-0.05, 0) is 83.5 Å². The zero-order chi connectivity index (χ0) is 63.5. The Morgan fingerprint density at radius 1 is 0.307 bits per heavy atom. The summed E-state index contributed by atoms with van der Waals surface area (Å²) in [5.41, 5.74) is 0. The van der Waals surface area contributed by atoms with Gasteiger partial charge in [-0.15, -0.1) is 0 Å². The number of unbranched alkanes of at least 4 members (excludes halogenated alkanes) is 61. The zero-order valence-corrected chi connectivity index (χ0v) is 59.7. The molecule has 6 heteroatoms. The lowest BCUT2D eigenvalue weighted by atomic mass is 10.0. The van der Waals surface area contributed by atoms with Crippen LogP contribution in [-0.4, -0.2) is 47.4 Å². The molecule has 0 aliphatic rings. The summed E-state index contributed by atoms with van der Waals surface area (Å²) in [5, 5.41) is 23.3. The standard InChI is InChI=1S/C82H157NO5/c1-3-5-7-9-11-13-15-17-18-19-20-21-22-32-35-38-41-44-47-51-54-58-62-66-70-74-80(85)79(78-84)83-81(86)75-71-67-63-59-55-52-48-45-42-39-36-33-30-28-26-24-23-25-27-29-31-34-37-40-43-46-49-53-57-61-65-69-73-77-88-82(87)76-72-68-64-60-56-50-16-14-12-10-8-6-4-2/h14,16,27,29,70,74,79-80,84-85H,3-13,15,17-26,28,30-69,71-73,75-78H2,1-2H3,(H,83,86)/b16-14-,29-27-,74-70+. The van der Waals surface area contributed by atoms with Crippen molar-refractivity contribution in [1.82, 2.24) is 5.32 Å². The van der Waals surface area contributed by atoms with Gasteiger partial charge in [0.2, 0.25) is 5.91 Å². The molecule has 0 aliphatic heterocycles. The summed E-state index contributed by atoms with van der Waals surface area (Å²) in [6, 6.07) is -0.627. The minimum absolute atomic E-state index is 0.00983. The first-order valence-electron chi connectivity index (χ1n) is 40.3. The summed E-state index contributed by atoms with van der Waals surface area (Å²) in [7, 11) is 0. The van der Waals surface area contributed by atoms with Gasteiger partial charge in [0.05, 0.1) is 25.4 Å². The molecule has 0 aromatic heterocycles. The largest absolute Gasteiger partial charge is 0.466 e. The van der Waals surface area contributed by atoms with E-state index in [1.165, 1.54) is 379 Å². The van der Waals surface area contributed by atoms with Crippen molar-refractivity contribution in [2.75, 3.05) is 13.2 Å². The number of hydrogen-bond donors (Lipinski definition) is 3. The van der Waals surface area contributed by atoms with E-state index in [1.54, 1.807) is 6.08 Å². The van der Waals surface area contributed by atoms with E-state index in [9.17, 15) is 19.8 Å². The smallest absolute Gasteiger partial charge is 0.305 e. The highest BCUT2D eigenvalue weighted by Crippen LogP contribution is 2.20. The number of hydrogen-bond acceptors (Lipinski definition) is 5. The van der Waals surface area contributed by atoms with Crippen molar-refractivity contribution >= 4 is 11.9 Å². The lowest BCUT2D eigenvalue weighted by Gasteiger charge is -2.20. The molecule has 0 rings (SSSR count). The average molecular weight is 1240 g/mol. The van der Waals surface area contributed by atoms with E-state index in [0.717, 1.165) is 44.9 Å². The molecule has 0 fully saturated rings. The Morgan fingerprint density at radius 2 is 0.534 bits per heavy atom. The maximum absolute atomic E-state index is 12.6. The Bertz CT molecular complexity index is 1430. The van der Waals surface area contributed by atoms with E-state index in [2.05, 4.69) is 43.5 Å². The summed E-state index contributed by atoms with van der Waals surface area (Å²) >= 11 is 0. The second kappa shape index (κ2) is 77.5. The number of carbonyl (C=O) groups is 2. The SMILES string of the molecule is CCCCCC/C=C\CCCCCCCC(=O)OCCCCCCCCCCCCCC/C=C\CCCCCCCCCCCCCCCCCCCC(=O)NC(CO)C(O)/C=C/CCCCCCCCCCCCCCCCCCCCCCCCC. The Morgan fingerprint density at radius 3 is 0.818 bits per heavy atom. The van der Waals surface area contributed by atoms with E-state index >= 15 is 0 Å². The monoisotopic (exact) mass is 1240 g/mol. The second-order valence-corrected chi connectivity index (χ2v) is 27.7. The van der Waals surface area contributed by atoms with E-state index in [1.807, 2.05) is 6.08 Å². The van der Waals surface area contributed by atoms with Crippen LogP contribution in [0.4, 0.5) is 0 Å². The molecule has 2 unspecified atom stereocenters. The van der Waals surface area contributed by atoms with E-state index < -0.39 is 12.1 Å². The summed E-state index contributed by atoms with van der Waals surface area (Å²) in [4.78, 5) is 24.6. The van der Waals surface area contributed by atoms with Crippen LogP contribution >= 0.6 is 0 Å². The van der Waals surface area contributed by atoms with Crippen LogP contribution in [0.25, 0.3) is 0 Å². The van der Waals surface area contributed by atoms with Gasteiger partial charge in [0.1, 0.15) is 0 Å². The van der Waals surface area contributed by atoms with Crippen molar-refractivity contribution < 1.29 is 24.5 Å². The molecule has 6 nitrogen and oxygen atoms in total. The molecule has 0 radical (unpaired) electrons. The maximum Gasteiger partial charge on any atom is 0.305 e. The van der Waals surface area contributed by atoms with Crippen LogP contribution < -0.4 is 5.32 Å². The van der Waals surface area contributed by atoms with Crippen LogP contribution in [0.5, 0.6) is 0 Å². The molecule has 0 aromatic rings. The fraction of sp³-hybridized carbons (Fsp3) is 0.902. The first-order valence-corrected chi connectivity index (χ1v) is 40.3. The third kappa shape index (κ3) is 73.1. The Labute approximate surface area is 551 Å². The summed E-state index contributed by atoms with van der Waals surface area (Å²) in [6.07, 6.45) is 101. The summed E-state index contributed by atoms with van der Waals surface area (Å²) in [6.45, 7) is 4.93. The fourth-order valence-electron chi connectivity index (χ4n) is 12.7. The quantitative estimate of drug-likeness (QED) is 0.0320. The normalized spacial score (nSPS) is 12.6. The molecule has 88 heavy (non-hydrogen) atoms. The number of rotatable bonds is 76. The van der Waals surface area contributed by atoms with Gasteiger partial charge in [-0.2, -0.15) is 0 Å². The molecule has 0 bridgehead atoms. The van der Waals surface area contributed by atoms with Crippen molar-refractivity contribution in [2.24, 2.45) is 0 Å². The van der Waals surface area contributed by atoms with Crippen LogP contribution in [0, 0.1) is 0 Å². The summed E-state index contributed by atoms with van der Waals surface area (Å²) in [5.74, 6) is -0.0499. The Balaban J connectivity index is 3.38. The fourth-order valence-corrected chi connectivity index (χ4v) is 12.7. The molecule has 0 aromatic carbocycles. The molecule has 2 atom stereocenters. The van der Waals surface area contributed by atoms with Gasteiger partial charge in [0.25, 0.3) is 0 Å². The molecular formula is C82H157NO5. The molecule has 0 saturated carbocycles. The second-order valence-electron chi connectivity index (χ2n) is 27.7. The van der Waals surface area contributed by atoms with Gasteiger partial charge in [-0.25, -0.2) is 0 Å². The zero-order valence-electron chi connectivity index (χ0n) is 59.7. The number of carbonyl (C=O) groups excluding carboxylic acids is 2. The van der Waals surface area contributed by atoms with Gasteiger partial charge in [-0.1, -0.05) is 391 Å². The number of amides is 1. The van der Waals surface area contributed by atoms with E-state index in [0.29, 0.717) is 19.4 Å². The topological polar surface area (TPSA) is 95.9 Å². The first-order chi connectivity index (χ1) is 43.5. The summed E-state index contributed by atoms with van der Waals surface area (Å²) < 4.78 is 5.49. The van der Waals surface area contributed by atoms with Crippen LogP contribution in [0.3, 0.4) is 0 Å². The predicted molar refractivity (Wildman–Crippen MR) is 389 cm³/mol. The van der Waals surface area contributed by atoms with Crippen molar-refractivity contribution in [1.29, 1.82) is 0 Å². The van der Waals surface area contributed by atoms with Crippen LogP contribution in [0.15, 0.2) is 36.5 Å². The highest BCUT2D eigenvalue weighted by molar-refractivity contribution is 5.76. The van der Waals surface area contributed by atoms with Crippen molar-refractivity contribution in [3.63, 3.8) is 0 Å². The molecule has 1 amide bonds. The lowest BCUT2D eigenvalue weighted by molar-refractivity contribution is -0.143. The molecule has 0 heterocycles. The van der Waals surface area contributed by atoms with Crippen LogP contribution in [0.1, 0.15) is 450 Å². The third-order valence-corrected chi connectivity index (χ3v) is 18.9. The van der Waals surface area contributed by atoms with E-state index in [4.69, 9.17) is 4.74 Å². The van der Waals surface area contributed by atoms with Crippen LogP contribution in [0.2, 0.25) is 0 Å². The maximum atomic E-state index is 12.6. The highest BCUT2D eigenvalue weighted by Gasteiger charge is 2.18. The predicted octanol–water partition coefficient (Wildman–Crippen LogP) is 26.6. The molecule has 0 aliphatic carbocycles. The van der Waals surface area contributed by atoms with Crippen LogP contribution in [-0.2, 0) is 14.3 Å². The molecular weight excluding hydrogens is 1080 g/mol. The molecule has 0 spiro atoms. The Hall–Kier alpha value is -1.92. The highest BCUT2D eigenvalue weighted by atomic mass is 16.5. The van der Waals surface area contributed by atoms with Gasteiger partial charge in [0.15, 0.2) is 0 Å². The molecule has 3 N–H and O–H groups in total. The van der Waals surface area contributed by atoms with Gasteiger partial charge in [0, 0.05) is 12.8 Å². The van der Waals surface area contributed by atoms with Crippen molar-refractivity contribution in [2.45, 2.75) is 463 Å². The van der Waals surface area contributed by atoms with Crippen molar-refractivity contribution in [3.05, 3.63) is 36.5 Å². The average Bonchev–Trinajstić information content (AvgIpc) is 3.54. The van der Waals surface area contributed by atoms with E-state index in [-0.39, 0.29) is 18.5 Å². The van der Waals surface area contributed by atoms with Gasteiger partial charge >= 0.3 is 5.97 Å². The molecule has 0 saturated heterocycles. The number of aliphatic hydroxyl groups excluding tert-OH is 2. The molecule has 520 valence electrons. The minimum atomic E-state index is -0.844. The van der Waals surface area contributed by atoms with Gasteiger partial charge in [-0.3, -0.25) is 9.59 Å². The number of allylic oxidation sites excluding steroid dienone is 5. The number of ether oxygens (including phenoxy) is 1. The van der Waals surface area contributed by atoms with Crippen molar-refractivity contribution in [3.8, 4) is 0 Å². The number of esters is 1.